The maximum atomic E-state index is 9.61. The lowest BCUT2D eigenvalue weighted by Crippen LogP contribution is -2.36. The van der Waals surface area contributed by atoms with Crippen LogP contribution in [0.25, 0.3) is 0 Å². The van der Waals surface area contributed by atoms with E-state index in [2.05, 4.69) is 19.1 Å². The van der Waals surface area contributed by atoms with E-state index in [1.165, 1.54) is 11.1 Å². The van der Waals surface area contributed by atoms with Crippen molar-refractivity contribution in [1.29, 1.82) is 0 Å². The number of unbranched alkanes of at least 4 members (excludes halogenated alkanes) is 1. The topological polar surface area (TPSA) is 29.5 Å². The van der Waals surface area contributed by atoms with Gasteiger partial charge in [-0.3, -0.25) is 0 Å². The van der Waals surface area contributed by atoms with Crippen LogP contribution in [0.4, 0.5) is 0 Å². The first kappa shape index (κ1) is 17.8. The number of benzene rings is 2. The summed E-state index contributed by atoms with van der Waals surface area (Å²) in [6.07, 6.45) is 3.86. The summed E-state index contributed by atoms with van der Waals surface area (Å²) >= 11 is 5.91. The van der Waals surface area contributed by atoms with Crippen molar-refractivity contribution in [3.63, 3.8) is 0 Å². The summed E-state index contributed by atoms with van der Waals surface area (Å²) < 4.78 is 6.01. The Morgan fingerprint density at radius 2 is 1.57 bits per heavy atom. The number of rotatable bonds is 8. The second-order valence-electron chi connectivity index (χ2n) is 6.26. The molecule has 124 valence electrons. The quantitative estimate of drug-likeness (QED) is 0.715. The molecule has 0 spiro atoms. The Bertz CT molecular complexity index is 592. The first-order chi connectivity index (χ1) is 11.0. The predicted octanol–water partition coefficient (Wildman–Crippen LogP) is 5.25. The van der Waals surface area contributed by atoms with Gasteiger partial charge in [0, 0.05) is 5.02 Å². The van der Waals surface area contributed by atoms with Crippen LogP contribution in [0.2, 0.25) is 5.02 Å². The predicted molar refractivity (Wildman–Crippen MR) is 96.3 cm³/mol. The molecule has 3 heteroatoms. The highest BCUT2D eigenvalue weighted by atomic mass is 35.5. The van der Waals surface area contributed by atoms with Crippen LogP contribution in [0.5, 0.6) is 5.75 Å². The zero-order valence-electron chi connectivity index (χ0n) is 13.9. The molecule has 1 unspecified atom stereocenters. The van der Waals surface area contributed by atoms with Gasteiger partial charge in [0.15, 0.2) is 0 Å². The smallest absolute Gasteiger partial charge is 0.129 e. The molecule has 2 aromatic carbocycles. The third-order valence-corrected chi connectivity index (χ3v) is 4.25. The molecule has 0 aliphatic rings. The van der Waals surface area contributed by atoms with Gasteiger partial charge in [-0.05, 0) is 61.6 Å². The molecule has 0 radical (unpaired) electrons. The molecule has 23 heavy (non-hydrogen) atoms. The summed E-state index contributed by atoms with van der Waals surface area (Å²) in [7, 11) is 0. The Morgan fingerprint density at radius 3 is 2.09 bits per heavy atom. The molecule has 0 bridgehead atoms. The van der Waals surface area contributed by atoms with E-state index in [0.29, 0.717) is 0 Å². The van der Waals surface area contributed by atoms with E-state index < -0.39 is 5.60 Å². The Labute approximate surface area is 144 Å². The number of aliphatic hydroxyl groups is 1. The van der Waals surface area contributed by atoms with Gasteiger partial charge < -0.3 is 9.84 Å². The molecule has 1 atom stereocenters. The highest BCUT2D eigenvalue weighted by Gasteiger charge is 2.24. The molecule has 1 N–H and O–H groups in total. The normalized spacial score (nSPS) is 13.6. The van der Waals surface area contributed by atoms with E-state index in [4.69, 9.17) is 16.3 Å². The van der Waals surface area contributed by atoms with Gasteiger partial charge >= 0.3 is 0 Å². The van der Waals surface area contributed by atoms with Gasteiger partial charge in [-0.25, -0.2) is 0 Å². The molecule has 0 saturated carbocycles. The maximum absolute atomic E-state index is 9.61. The number of hydrogen-bond acceptors (Lipinski definition) is 2. The molecule has 0 fully saturated rings. The molecular weight excluding hydrogens is 308 g/mol. The van der Waals surface area contributed by atoms with Crippen LogP contribution >= 0.6 is 11.6 Å². The van der Waals surface area contributed by atoms with Gasteiger partial charge in [-0.15, -0.1) is 0 Å². The molecule has 0 amide bonds. The molecule has 2 rings (SSSR count). The van der Waals surface area contributed by atoms with Gasteiger partial charge in [0.1, 0.15) is 11.4 Å². The summed E-state index contributed by atoms with van der Waals surface area (Å²) in [5.74, 6) is 0.803. The summed E-state index contributed by atoms with van der Waals surface area (Å²) in [6.45, 7) is 4.13. The summed E-state index contributed by atoms with van der Waals surface area (Å²) in [6, 6.07) is 16.0. The fourth-order valence-electron chi connectivity index (χ4n) is 2.51. The van der Waals surface area contributed by atoms with Crippen molar-refractivity contribution in [3.8, 4) is 5.75 Å². The molecule has 0 aromatic heterocycles. The average Bonchev–Trinajstić information content (AvgIpc) is 2.57. The molecule has 2 aromatic rings. The molecule has 0 heterocycles. The Balaban J connectivity index is 1.99. The molecular formula is C20H25ClO2. The standard InChI is InChI=1S/C20H25ClO2/c1-3-4-13-20(2,15-22)23-19-11-7-17(8-12-19)14-16-5-9-18(21)10-6-16/h5-12,22H,3-4,13-15H2,1-2H3. The largest absolute Gasteiger partial charge is 0.485 e. The summed E-state index contributed by atoms with van der Waals surface area (Å²) in [4.78, 5) is 0. The van der Waals surface area contributed by atoms with E-state index in [1.54, 1.807) is 0 Å². The molecule has 0 saturated heterocycles. The molecule has 0 aliphatic heterocycles. The lowest BCUT2D eigenvalue weighted by Gasteiger charge is -2.28. The minimum Gasteiger partial charge on any atom is -0.485 e. The van der Waals surface area contributed by atoms with E-state index in [9.17, 15) is 5.11 Å². The molecule has 0 aliphatic carbocycles. The Hall–Kier alpha value is -1.51. The SMILES string of the molecule is CCCCC(C)(CO)Oc1ccc(Cc2ccc(Cl)cc2)cc1. The van der Waals surface area contributed by atoms with Gasteiger partial charge in [0.2, 0.25) is 0 Å². The molecule has 2 nitrogen and oxygen atoms in total. The monoisotopic (exact) mass is 332 g/mol. The van der Waals surface area contributed by atoms with Crippen LogP contribution in [0.3, 0.4) is 0 Å². The maximum Gasteiger partial charge on any atom is 0.129 e. The fraction of sp³-hybridized carbons (Fsp3) is 0.400. The van der Waals surface area contributed by atoms with Crippen molar-refractivity contribution in [2.75, 3.05) is 6.61 Å². The van der Waals surface area contributed by atoms with Crippen molar-refractivity contribution in [2.24, 2.45) is 0 Å². The second kappa shape index (κ2) is 8.37. The number of hydrogen-bond donors (Lipinski definition) is 1. The van der Waals surface area contributed by atoms with Crippen LogP contribution in [0.1, 0.15) is 44.2 Å². The lowest BCUT2D eigenvalue weighted by atomic mass is 9.99. The number of aliphatic hydroxyl groups excluding tert-OH is 1. The van der Waals surface area contributed by atoms with Crippen molar-refractivity contribution in [3.05, 3.63) is 64.7 Å². The fourth-order valence-corrected chi connectivity index (χ4v) is 2.64. The first-order valence-corrected chi connectivity index (χ1v) is 8.56. The zero-order valence-corrected chi connectivity index (χ0v) is 14.6. The lowest BCUT2D eigenvalue weighted by molar-refractivity contribution is 0.0162. The van der Waals surface area contributed by atoms with Crippen LogP contribution in [0, 0.1) is 0 Å². The van der Waals surface area contributed by atoms with Crippen molar-refractivity contribution in [2.45, 2.75) is 45.1 Å². The summed E-state index contributed by atoms with van der Waals surface area (Å²) in [5, 5.41) is 10.4. The zero-order chi connectivity index (χ0) is 16.7. The van der Waals surface area contributed by atoms with E-state index in [0.717, 1.165) is 36.5 Å². The number of ether oxygens (including phenoxy) is 1. The van der Waals surface area contributed by atoms with Gasteiger partial charge in [0.05, 0.1) is 6.61 Å². The third-order valence-electron chi connectivity index (χ3n) is 4.00. The van der Waals surface area contributed by atoms with Crippen LogP contribution in [-0.2, 0) is 6.42 Å². The van der Waals surface area contributed by atoms with Crippen molar-refractivity contribution >= 4 is 11.6 Å². The van der Waals surface area contributed by atoms with E-state index in [-0.39, 0.29) is 6.61 Å². The van der Waals surface area contributed by atoms with Gasteiger partial charge in [0.25, 0.3) is 0 Å². The van der Waals surface area contributed by atoms with Crippen LogP contribution < -0.4 is 4.74 Å². The van der Waals surface area contributed by atoms with Crippen molar-refractivity contribution < 1.29 is 9.84 Å². The second-order valence-corrected chi connectivity index (χ2v) is 6.70. The minimum absolute atomic E-state index is 0.0273. The van der Waals surface area contributed by atoms with Crippen LogP contribution in [-0.4, -0.2) is 17.3 Å². The van der Waals surface area contributed by atoms with E-state index >= 15 is 0 Å². The highest BCUT2D eigenvalue weighted by molar-refractivity contribution is 6.30. The van der Waals surface area contributed by atoms with Gasteiger partial charge in [-0.1, -0.05) is 49.2 Å². The average molecular weight is 333 g/mol. The van der Waals surface area contributed by atoms with Gasteiger partial charge in [-0.2, -0.15) is 0 Å². The number of halogens is 1. The first-order valence-electron chi connectivity index (χ1n) is 8.18. The van der Waals surface area contributed by atoms with Crippen LogP contribution in [0.15, 0.2) is 48.5 Å². The third kappa shape index (κ3) is 5.56. The van der Waals surface area contributed by atoms with E-state index in [1.807, 2.05) is 43.3 Å². The van der Waals surface area contributed by atoms with Crippen molar-refractivity contribution in [1.82, 2.24) is 0 Å². The Kier molecular flexibility index (Phi) is 6.49. The minimum atomic E-state index is -0.506. The summed E-state index contributed by atoms with van der Waals surface area (Å²) in [5.41, 5.74) is 1.94. The highest BCUT2D eigenvalue weighted by Crippen LogP contribution is 2.24. The Morgan fingerprint density at radius 1 is 1.00 bits per heavy atom.